The Morgan fingerprint density at radius 3 is 0.708 bits per heavy atom. The summed E-state index contributed by atoms with van der Waals surface area (Å²) in [6.45, 7) is 0. The number of carbonyl (C=O) groups excluding carboxylic acids is 4. The third kappa shape index (κ3) is 7.22. The monoisotopic (exact) mass is 358 g/mol. The Balaban J connectivity index is -0.000000135. The molecule has 0 aliphatic heterocycles. The first kappa shape index (κ1) is 37.3. The van der Waals surface area contributed by atoms with Crippen LogP contribution >= 0.6 is 0 Å². The number of benzene rings is 1. The Hall–Kier alpha value is -3.14. The van der Waals surface area contributed by atoms with E-state index >= 15 is 0 Å². The third-order valence-electron chi connectivity index (χ3n) is 2.04. The van der Waals surface area contributed by atoms with Gasteiger partial charge in [0.2, 0.25) is 0 Å². The van der Waals surface area contributed by atoms with Crippen LogP contribution in [0, 0.1) is 0 Å². The van der Waals surface area contributed by atoms with Crippen LogP contribution in [0.2, 0.25) is 0 Å². The summed E-state index contributed by atoms with van der Waals surface area (Å²) >= 11 is 0. The van der Waals surface area contributed by atoms with Gasteiger partial charge >= 0.3 is 0 Å². The molecule has 0 radical (unpaired) electrons. The number of carbonyl (C=O) groups is 4. The molecule has 24 heavy (non-hydrogen) atoms. The summed E-state index contributed by atoms with van der Waals surface area (Å²) in [6.07, 6.45) is 0. The van der Waals surface area contributed by atoms with Gasteiger partial charge < -0.3 is 75.2 Å². The van der Waals surface area contributed by atoms with Crippen LogP contribution in [0.5, 0.6) is 0 Å². The molecule has 0 fully saturated rings. The third-order valence-corrected chi connectivity index (χ3v) is 2.04. The van der Waals surface area contributed by atoms with Crippen molar-refractivity contribution in [2.45, 2.75) is 0 Å². The Kier molecular flexibility index (Phi) is 21.0. The van der Waals surface area contributed by atoms with E-state index in [1.165, 1.54) is 0 Å². The van der Waals surface area contributed by atoms with Crippen molar-refractivity contribution in [3.8, 4) is 0 Å². The second kappa shape index (κ2) is 13.5. The average Bonchev–Trinajstić information content (AvgIpc) is 2.26. The highest BCUT2D eigenvalue weighted by Gasteiger charge is 2.13. The van der Waals surface area contributed by atoms with Gasteiger partial charge in [-0.15, -0.1) is 0 Å². The number of hydrogen-bond donors (Lipinski definition) is 4. The maximum Gasteiger partial charge on any atom is 0.0722 e. The first-order valence-electron chi connectivity index (χ1n) is 4.29. The van der Waals surface area contributed by atoms with Gasteiger partial charge in [-0.3, -0.25) is 0 Å². The molecule has 1 aromatic carbocycles. The van der Waals surface area contributed by atoms with E-state index in [1.54, 1.807) is 0 Å². The first-order valence-corrected chi connectivity index (χ1v) is 4.29. The number of hydrogen-bond acceptors (Lipinski definition) is 8. The summed E-state index contributed by atoms with van der Waals surface area (Å²) in [4.78, 5) is 42.4. The molecule has 0 heterocycles. The molecule has 0 saturated heterocycles. The molecule has 1 aromatic rings. The summed E-state index contributed by atoms with van der Waals surface area (Å²) < 4.78 is 0. The highest BCUT2D eigenvalue weighted by atomic mass is 16.4. The Morgan fingerprint density at radius 2 is 0.625 bits per heavy atom. The van der Waals surface area contributed by atoms with Crippen molar-refractivity contribution in [3.05, 3.63) is 34.4 Å². The van der Waals surface area contributed by atoms with E-state index in [2.05, 4.69) is 0 Å². The molecule has 0 spiro atoms. The number of aromatic carboxylic acids is 4. The van der Waals surface area contributed by atoms with E-state index in [1.807, 2.05) is 0 Å². The molecule has 14 nitrogen and oxygen atoms in total. The van der Waals surface area contributed by atoms with E-state index < -0.39 is 46.1 Å². The van der Waals surface area contributed by atoms with E-state index in [0.29, 0.717) is 12.1 Å². The van der Waals surface area contributed by atoms with Gasteiger partial charge in [-0.25, -0.2) is 0 Å². The van der Waals surface area contributed by atoms with Gasteiger partial charge in [-0.1, -0.05) is 0 Å². The van der Waals surface area contributed by atoms with E-state index in [-0.39, 0.29) is 35.6 Å². The maximum absolute atomic E-state index is 10.6. The zero-order valence-corrected chi connectivity index (χ0v) is 13.4. The van der Waals surface area contributed by atoms with E-state index in [9.17, 15) is 39.6 Å². The standard InChI is InChI=1S/C10H6O8.4H3N.2H2O/c11-7(12)3-1-4(8(13)14)6(10(17)18)2-5(3)9(15)16;;;;;;/h1-2H,(H,11,12)(H,13,14)(H,15,16)(H,17,18);4*1H3;2*1H2. The molecular weight excluding hydrogens is 336 g/mol. The van der Waals surface area contributed by atoms with Crippen molar-refractivity contribution in [1.29, 1.82) is 0 Å². The number of carboxylic acid groups (broad SMARTS) is 4. The molecule has 0 bridgehead atoms. The predicted octanol–water partition coefficient (Wildman–Crippen LogP) is -5.00. The second-order valence-electron chi connectivity index (χ2n) is 3.09. The lowest BCUT2D eigenvalue weighted by Gasteiger charge is -2.18. The summed E-state index contributed by atoms with van der Waals surface area (Å²) in [5.41, 5.74) is -4.11. The number of rotatable bonds is 4. The van der Waals surface area contributed by atoms with Crippen molar-refractivity contribution in [1.82, 2.24) is 24.6 Å². The molecule has 0 unspecified atom stereocenters. The minimum Gasteiger partial charge on any atom is -0.545 e. The van der Waals surface area contributed by atoms with Gasteiger partial charge in [0.25, 0.3) is 0 Å². The van der Waals surface area contributed by atoms with Crippen LogP contribution in [0.15, 0.2) is 12.1 Å². The second-order valence-corrected chi connectivity index (χ2v) is 3.09. The quantitative estimate of drug-likeness (QED) is 0.402. The van der Waals surface area contributed by atoms with Crippen LogP contribution in [0.1, 0.15) is 41.4 Å². The lowest BCUT2D eigenvalue weighted by atomic mass is 9.98. The fourth-order valence-electron chi connectivity index (χ4n) is 1.28. The molecule has 0 saturated carbocycles. The SMILES string of the molecule is O.O.O=C([O-])c1cc(C(=O)[O-])c(C(=O)[O-])cc1C(=O)[O-].[NH4+].[NH4+].[NH4+].[NH4+]. The molecule has 20 N–H and O–H groups in total. The Morgan fingerprint density at radius 1 is 0.500 bits per heavy atom. The smallest absolute Gasteiger partial charge is 0.0722 e. The molecule has 0 atom stereocenters. The molecule has 0 aliphatic carbocycles. The van der Waals surface area contributed by atoms with Crippen molar-refractivity contribution in [2.24, 2.45) is 0 Å². The van der Waals surface area contributed by atoms with Gasteiger partial charge in [-0.05, 0) is 12.1 Å². The Labute approximate surface area is 134 Å². The number of quaternary nitrogens is 4. The summed E-state index contributed by atoms with van der Waals surface area (Å²) in [5.74, 6) is -7.99. The fraction of sp³-hybridized carbons (Fsp3) is 0. The first-order chi connectivity index (χ1) is 8.25. The van der Waals surface area contributed by atoms with Gasteiger partial charge in [0.05, 0.1) is 23.9 Å². The molecule has 1 rings (SSSR count). The van der Waals surface area contributed by atoms with Crippen LogP contribution in [0.25, 0.3) is 0 Å². The van der Waals surface area contributed by atoms with Crippen LogP contribution in [-0.4, -0.2) is 34.8 Å². The molecule has 0 aromatic heterocycles. The average molecular weight is 358 g/mol. The maximum atomic E-state index is 10.6. The van der Waals surface area contributed by atoms with Gasteiger partial charge in [0.15, 0.2) is 0 Å². The normalized spacial score (nSPS) is 7.33. The zero-order valence-electron chi connectivity index (χ0n) is 13.4. The fourth-order valence-corrected chi connectivity index (χ4v) is 1.28. The Bertz CT molecular complexity index is 491. The topological polar surface area (TPSA) is 370 Å². The summed E-state index contributed by atoms with van der Waals surface area (Å²) in [6, 6.07) is 0.613. The highest BCUT2D eigenvalue weighted by molar-refractivity contribution is 6.07. The number of carboxylic acids is 4. The highest BCUT2D eigenvalue weighted by Crippen LogP contribution is 2.16. The van der Waals surface area contributed by atoms with Gasteiger partial charge in [-0.2, -0.15) is 0 Å². The van der Waals surface area contributed by atoms with Gasteiger partial charge in [0, 0.05) is 22.3 Å². The molecule has 142 valence electrons. The van der Waals surface area contributed by atoms with Crippen LogP contribution in [0.3, 0.4) is 0 Å². The van der Waals surface area contributed by atoms with Crippen molar-refractivity contribution in [3.63, 3.8) is 0 Å². The molecule has 0 aliphatic rings. The summed E-state index contributed by atoms with van der Waals surface area (Å²) in [7, 11) is 0. The molecule has 0 amide bonds. The van der Waals surface area contributed by atoms with Crippen LogP contribution in [0.4, 0.5) is 0 Å². The van der Waals surface area contributed by atoms with Crippen molar-refractivity contribution < 1.29 is 50.6 Å². The van der Waals surface area contributed by atoms with Gasteiger partial charge in [0.1, 0.15) is 0 Å². The largest absolute Gasteiger partial charge is 0.545 e. The van der Waals surface area contributed by atoms with E-state index in [4.69, 9.17) is 0 Å². The molecule has 14 heteroatoms. The van der Waals surface area contributed by atoms with Crippen LogP contribution < -0.4 is 45.0 Å². The van der Waals surface area contributed by atoms with E-state index in [0.717, 1.165) is 0 Å². The van der Waals surface area contributed by atoms with Crippen molar-refractivity contribution >= 4 is 23.9 Å². The summed E-state index contributed by atoms with van der Waals surface area (Å²) in [5, 5.41) is 42.4. The van der Waals surface area contributed by atoms with Crippen LogP contribution in [-0.2, 0) is 0 Å². The minimum atomic E-state index is -2.00. The lowest BCUT2D eigenvalue weighted by molar-refractivity contribution is -0.261. The predicted molar refractivity (Wildman–Crippen MR) is 74.9 cm³/mol. The minimum absolute atomic E-state index is 0. The zero-order chi connectivity index (χ0) is 14.0. The molecular formula is C10H22N4O10. The van der Waals surface area contributed by atoms with Crippen molar-refractivity contribution in [2.75, 3.05) is 0 Å². The lowest BCUT2D eigenvalue weighted by Crippen LogP contribution is -2.34.